The van der Waals surface area contributed by atoms with Gasteiger partial charge in [-0.3, -0.25) is 9.59 Å². The summed E-state index contributed by atoms with van der Waals surface area (Å²) in [6, 6.07) is 35.3. The molecule has 1 aliphatic carbocycles. The molecule has 0 unspecified atom stereocenters. The van der Waals surface area contributed by atoms with Crippen LogP contribution in [0.2, 0.25) is 0 Å². The Morgan fingerprint density at radius 2 is 1.40 bits per heavy atom. The van der Waals surface area contributed by atoms with Gasteiger partial charge in [0.15, 0.2) is 0 Å². The zero-order valence-electron chi connectivity index (χ0n) is 26.4. The summed E-state index contributed by atoms with van der Waals surface area (Å²) in [5.74, 6) is 0.488. The van der Waals surface area contributed by atoms with Crippen molar-refractivity contribution >= 4 is 11.8 Å². The predicted octanol–water partition coefficient (Wildman–Crippen LogP) is 7.37. The summed E-state index contributed by atoms with van der Waals surface area (Å²) in [7, 11) is 1.71. The molecule has 4 aromatic rings. The van der Waals surface area contributed by atoms with Crippen molar-refractivity contribution in [3.05, 3.63) is 137 Å². The first-order valence-electron chi connectivity index (χ1n) is 16.2. The van der Waals surface area contributed by atoms with Crippen molar-refractivity contribution in [1.82, 2.24) is 16.0 Å². The van der Waals surface area contributed by atoms with Gasteiger partial charge in [0.1, 0.15) is 5.75 Å². The minimum atomic E-state index is -0.207. The Morgan fingerprint density at radius 3 is 2.09 bits per heavy atom. The topological polar surface area (TPSA) is 79.5 Å². The number of rotatable bonds is 13. The van der Waals surface area contributed by atoms with Crippen molar-refractivity contribution in [2.45, 2.75) is 69.5 Å². The molecule has 5 rings (SSSR count). The minimum Gasteiger partial charge on any atom is -0.497 e. The van der Waals surface area contributed by atoms with Crippen LogP contribution in [0, 0.1) is 0 Å². The molecule has 1 fully saturated rings. The molecule has 1 aliphatic rings. The molecule has 0 saturated heterocycles. The Labute approximate surface area is 267 Å². The van der Waals surface area contributed by atoms with Crippen molar-refractivity contribution in [2.24, 2.45) is 0 Å². The highest BCUT2D eigenvalue weighted by molar-refractivity contribution is 5.99. The second kappa shape index (κ2) is 15.5. The van der Waals surface area contributed by atoms with Gasteiger partial charge in [-0.2, -0.15) is 0 Å². The standard InChI is InChI=1S/C39H45N3O3/c1-29(31-16-8-4-9-17-31)41-37(43)32-18-12-19-33(27-32)38(44)42-35(26-30-14-6-3-7-15-30)22-25-40-39(23-10-5-11-24-39)34-20-13-21-36(28-34)45-2/h3-4,6-9,12-21,27-29,35,40H,5,10-11,22-26H2,1-2H3,(H,41,43)(H,42,44)/t29-,35-/m1/s1. The molecule has 1 saturated carbocycles. The molecule has 0 bridgehead atoms. The zero-order valence-corrected chi connectivity index (χ0v) is 26.4. The number of carbonyl (C=O) groups excluding carboxylic acids is 2. The predicted molar refractivity (Wildman–Crippen MR) is 181 cm³/mol. The molecule has 6 heteroatoms. The Hall–Kier alpha value is -4.42. The second-order valence-electron chi connectivity index (χ2n) is 12.1. The number of ether oxygens (including phenoxy) is 1. The van der Waals surface area contributed by atoms with E-state index in [1.54, 1.807) is 31.4 Å². The Bertz CT molecular complexity index is 1530. The lowest BCUT2D eigenvalue weighted by Crippen LogP contribution is -2.46. The molecule has 4 aromatic carbocycles. The number of benzene rings is 4. The van der Waals surface area contributed by atoms with Gasteiger partial charge < -0.3 is 20.7 Å². The van der Waals surface area contributed by atoms with Crippen molar-refractivity contribution in [1.29, 1.82) is 0 Å². The number of nitrogens with one attached hydrogen (secondary N) is 3. The van der Waals surface area contributed by atoms with Gasteiger partial charge in [0.05, 0.1) is 13.2 Å². The molecular formula is C39H45N3O3. The summed E-state index contributed by atoms with van der Waals surface area (Å²) in [4.78, 5) is 26.7. The Kier molecular flexibility index (Phi) is 11.0. The molecule has 0 spiro atoms. The van der Waals surface area contributed by atoms with Gasteiger partial charge in [0, 0.05) is 22.7 Å². The van der Waals surface area contributed by atoms with Crippen molar-refractivity contribution < 1.29 is 14.3 Å². The minimum absolute atomic E-state index is 0.0889. The van der Waals surface area contributed by atoms with Crippen LogP contribution in [0.5, 0.6) is 5.75 Å². The molecule has 3 N–H and O–H groups in total. The van der Waals surface area contributed by atoms with E-state index < -0.39 is 0 Å². The molecule has 0 heterocycles. The van der Waals surface area contributed by atoms with Crippen molar-refractivity contribution in [3.8, 4) is 5.75 Å². The largest absolute Gasteiger partial charge is 0.497 e. The smallest absolute Gasteiger partial charge is 0.251 e. The molecule has 0 aliphatic heterocycles. The number of amides is 2. The first kappa shape index (κ1) is 32.0. The van der Waals surface area contributed by atoms with E-state index in [-0.39, 0.29) is 29.4 Å². The average molecular weight is 604 g/mol. The van der Waals surface area contributed by atoms with Gasteiger partial charge in [-0.15, -0.1) is 0 Å². The number of hydrogen-bond acceptors (Lipinski definition) is 4. The van der Waals surface area contributed by atoms with E-state index in [1.807, 2.05) is 61.5 Å². The van der Waals surface area contributed by atoms with Crippen LogP contribution in [0.25, 0.3) is 0 Å². The van der Waals surface area contributed by atoms with Crippen LogP contribution in [0.15, 0.2) is 109 Å². The summed E-state index contributed by atoms with van der Waals surface area (Å²) in [6.45, 7) is 2.71. The van der Waals surface area contributed by atoms with E-state index >= 15 is 0 Å². The first-order chi connectivity index (χ1) is 22.0. The molecule has 2 amide bonds. The molecule has 0 aromatic heterocycles. The van der Waals surface area contributed by atoms with Crippen LogP contribution in [-0.2, 0) is 12.0 Å². The zero-order chi connectivity index (χ0) is 31.5. The van der Waals surface area contributed by atoms with E-state index in [2.05, 4.69) is 46.3 Å². The third-order valence-corrected chi connectivity index (χ3v) is 8.98. The highest BCUT2D eigenvalue weighted by atomic mass is 16.5. The van der Waals surface area contributed by atoms with E-state index in [4.69, 9.17) is 4.74 Å². The van der Waals surface area contributed by atoms with Gasteiger partial charge >= 0.3 is 0 Å². The lowest BCUT2D eigenvalue weighted by molar-refractivity contribution is 0.0933. The van der Waals surface area contributed by atoms with Gasteiger partial charge in [-0.1, -0.05) is 98.1 Å². The number of carbonyl (C=O) groups is 2. The highest BCUT2D eigenvalue weighted by Gasteiger charge is 2.33. The van der Waals surface area contributed by atoms with Gasteiger partial charge in [0.2, 0.25) is 0 Å². The van der Waals surface area contributed by atoms with Crippen molar-refractivity contribution in [2.75, 3.05) is 13.7 Å². The molecule has 6 nitrogen and oxygen atoms in total. The number of methoxy groups -OCH3 is 1. The number of hydrogen-bond donors (Lipinski definition) is 3. The van der Waals surface area contributed by atoms with Crippen LogP contribution in [0.4, 0.5) is 0 Å². The lowest BCUT2D eigenvalue weighted by atomic mass is 9.76. The molecule has 2 atom stereocenters. The summed E-state index contributed by atoms with van der Waals surface area (Å²) in [5, 5.41) is 10.3. The average Bonchev–Trinajstić information content (AvgIpc) is 3.09. The summed E-state index contributed by atoms with van der Waals surface area (Å²) < 4.78 is 5.55. The molecule has 45 heavy (non-hydrogen) atoms. The fraction of sp³-hybridized carbons (Fsp3) is 0.333. The van der Waals surface area contributed by atoms with Gasteiger partial charge in [0.25, 0.3) is 11.8 Å². The van der Waals surface area contributed by atoms with E-state index in [0.29, 0.717) is 11.1 Å². The van der Waals surface area contributed by atoms with E-state index in [0.717, 1.165) is 43.5 Å². The fourth-order valence-electron chi connectivity index (χ4n) is 6.43. The van der Waals surface area contributed by atoms with E-state index in [1.165, 1.54) is 30.4 Å². The SMILES string of the molecule is COc1cccc(C2(NCC[C@H](Cc3ccccc3)NC(=O)c3cccc(C(=O)N[C@H](C)c4ccccc4)c3)CCCCC2)c1. The quantitative estimate of drug-likeness (QED) is 0.149. The normalized spacial score (nSPS) is 15.4. The monoisotopic (exact) mass is 603 g/mol. The van der Waals surface area contributed by atoms with Crippen molar-refractivity contribution in [3.63, 3.8) is 0 Å². The van der Waals surface area contributed by atoms with Crippen LogP contribution in [-0.4, -0.2) is 31.5 Å². The third-order valence-electron chi connectivity index (χ3n) is 8.98. The highest BCUT2D eigenvalue weighted by Crippen LogP contribution is 2.38. The van der Waals surface area contributed by atoms with Crippen LogP contribution < -0.4 is 20.7 Å². The Morgan fingerprint density at radius 1 is 0.756 bits per heavy atom. The van der Waals surface area contributed by atoms with Crippen LogP contribution >= 0.6 is 0 Å². The first-order valence-corrected chi connectivity index (χ1v) is 16.2. The summed E-state index contributed by atoms with van der Waals surface area (Å²) in [6.07, 6.45) is 7.25. The maximum Gasteiger partial charge on any atom is 0.251 e. The summed E-state index contributed by atoms with van der Waals surface area (Å²) in [5.41, 5.74) is 4.30. The lowest BCUT2D eigenvalue weighted by Gasteiger charge is -2.39. The summed E-state index contributed by atoms with van der Waals surface area (Å²) >= 11 is 0. The Balaban J connectivity index is 1.27. The fourth-order valence-corrected chi connectivity index (χ4v) is 6.43. The van der Waals surface area contributed by atoms with E-state index in [9.17, 15) is 9.59 Å². The molecule has 0 radical (unpaired) electrons. The second-order valence-corrected chi connectivity index (χ2v) is 12.1. The van der Waals surface area contributed by atoms with Gasteiger partial charge in [-0.05, 0) is 86.2 Å². The maximum atomic E-state index is 13.6. The van der Waals surface area contributed by atoms with Crippen LogP contribution in [0.1, 0.15) is 88.9 Å². The third kappa shape index (κ3) is 8.61. The molecule has 234 valence electrons. The molecular weight excluding hydrogens is 558 g/mol. The van der Waals surface area contributed by atoms with Gasteiger partial charge in [-0.25, -0.2) is 0 Å². The van der Waals surface area contributed by atoms with Crippen LogP contribution in [0.3, 0.4) is 0 Å². The maximum absolute atomic E-state index is 13.6.